The van der Waals surface area contributed by atoms with Gasteiger partial charge in [-0.15, -0.1) is 0 Å². The highest BCUT2D eigenvalue weighted by Gasteiger charge is 2.41. The van der Waals surface area contributed by atoms with E-state index in [-0.39, 0.29) is 16.7 Å². The van der Waals surface area contributed by atoms with Crippen molar-refractivity contribution in [3.05, 3.63) is 101 Å². The zero-order valence-corrected chi connectivity index (χ0v) is 21.3. The molecule has 3 rings (SSSR count). The van der Waals surface area contributed by atoms with Gasteiger partial charge in [-0.2, -0.15) is 0 Å². The number of nitrogens with one attached hydrogen (secondary N) is 2. The predicted molar refractivity (Wildman–Crippen MR) is 137 cm³/mol. The molecule has 2 amide bonds. The van der Waals surface area contributed by atoms with Crippen LogP contribution in [0.15, 0.2) is 72.8 Å². The number of carboxylic acid groups (broad SMARTS) is 1. The fourth-order valence-electron chi connectivity index (χ4n) is 3.41. The smallest absolute Gasteiger partial charge is 0.349 e. The summed E-state index contributed by atoms with van der Waals surface area (Å²) in [4.78, 5) is 63.2. The van der Waals surface area contributed by atoms with E-state index in [1.54, 1.807) is 38.1 Å². The van der Waals surface area contributed by atoms with Gasteiger partial charge >= 0.3 is 17.9 Å². The van der Waals surface area contributed by atoms with E-state index in [1.807, 2.05) is 5.43 Å². The van der Waals surface area contributed by atoms with Gasteiger partial charge in [0.1, 0.15) is 5.75 Å². The molecule has 0 heterocycles. The molecule has 39 heavy (non-hydrogen) atoms. The fraction of sp³-hybridized carbons (Fsp3) is 0.179. The topological polar surface area (TPSA) is 157 Å². The molecule has 0 radical (unpaired) electrons. The van der Waals surface area contributed by atoms with Crippen LogP contribution in [0.5, 0.6) is 5.75 Å². The lowest BCUT2D eigenvalue weighted by Gasteiger charge is -2.23. The molecule has 0 unspecified atom stereocenters. The molecule has 0 aromatic heterocycles. The van der Waals surface area contributed by atoms with E-state index in [2.05, 4.69) is 5.43 Å². The summed E-state index contributed by atoms with van der Waals surface area (Å²) in [6, 6.07) is 18.2. The van der Waals surface area contributed by atoms with Crippen LogP contribution in [0, 0.1) is 13.8 Å². The highest BCUT2D eigenvalue weighted by molar-refractivity contribution is 5.99. The first-order valence-electron chi connectivity index (χ1n) is 11.6. The molecular weight excluding hydrogens is 508 g/mol. The maximum Gasteiger partial charge on any atom is 0.349 e. The van der Waals surface area contributed by atoms with Gasteiger partial charge in [0.25, 0.3) is 11.8 Å². The summed E-state index contributed by atoms with van der Waals surface area (Å²) in [5.74, 6) is -5.36. The summed E-state index contributed by atoms with van der Waals surface area (Å²) < 4.78 is 15.4. The number of esters is 2. The quantitative estimate of drug-likeness (QED) is 0.277. The van der Waals surface area contributed by atoms with Gasteiger partial charge < -0.3 is 19.3 Å². The summed E-state index contributed by atoms with van der Waals surface area (Å²) in [5, 5.41) is 9.83. The van der Waals surface area contributed by atoms with Crippen molar-refractivity contribution in [2.24, 2.45) is 0 Å². The third kappa shape index (κ3) is 7.65. The maximum absolute atomic E-state index is 13.1. The Morgan fingerprint density at radius 3 is 1.67 bits per heavy atom. The minimum atomic E-state index is -2.25. The molecule has 202 valence electrons. The molecule has 3 aromatic carbocycles. The number of aliphatic carboxylic acids is 1. The van der Waals surface area contributed by atoms with Crippen LogP contribution in [-0.2, 0) is 19.1 Å². The molecule has 0 aliphatic rings. The average Bonchev–Trinajstić information content (AvgIpc) is 2.93. The number of rotatable bonds is 9. The molecule has 0 bridgehead atoms. The Labute approximate surface area is 223 Å². The van der Waals surface area contributed by atoms with Gasteiger partial charge in [0, 0.05) is 5.56 Å². The van der Waals surface area contributed by atoms with Crippen LogP contribution in [-0.4, -0.2) is 54.1 Å². The summed E-state index contributed by atoms with van der Waals surface area (Å²) in [5.41, 5.74) is 5.77. The van der Waals surface area contributed by atoms with Crippen LogP contribution in [0.2, 0.25) is 0 Å². The molecule has 2 atom stereocenters. The van der Waals surface area contributed by atoms with Crippen molar-refractivity contribution >= 4 is 29.7 Å². The second kappa shape index (κ2) is 12.9. The van der Waals surface area contributed by atoms with Gasteiger partial charge in [0.15, 0.2) is 0 Å². The third-order valence-electron chi connectivity index (χ3n) is 5.40. The molecule has 0 spiro atoms. The summed E-state index contributed by atoms with van der Waals surface area (Å²) in [7, 11) is 1.46. The molecule has 3 aromatic rings. The predicted octanol–water partition coefficient (Wildman–Crippen LogP) is 2.61. The number of hydrogen-bond acceptors (Lipinski definition) is 8. The van der Waals surface area contributed by atoms with E-state index in [1.165, 1.54) is 55.6 Å². The van der Waals surface area contributed by atoms with Crippen molar-refractivity contribution in [2.75, 3.05) is 7.11 Å². The lowest BCUT2D eigenvalue weighted by atomic mass is 10.1. The lowest BCUT2D eigenvalue weighted by Crippen LogP contribution is -2.54. The third-order valence-corrected chi connectivity index (χ3v) is 5.40. The van der Waals surface area contributed by atoms with Gasteiger partial charge in [-0.05, 0) is 62.4 Å². The van der Waals surface area contributed by atoms with Crippen LogP contribution < -0.4 is 15.6 Å². The Kier molecular flexibility index (Phi) is 9.36. The number of methoxy groups -OCH3 is 1. The Morgan fingerprint density at radius 1 is 0.692 bits per heavy atom. The van der Waals surface area contributed by atoms with Gasteiger partial charge in [0.2, 0.25) is 12.2 Å². The monoisotopic (exact) mass is 534 g/mol. The molecular formula is C28H26N2O9. The van der Waals surface area contributed by atoms with E-state index >= 15 is 0 Å². The molecule has 0 saturated heterocycles. The number of hydrogen-bond donors (Lipinski definition) is 3. The Morgan fingerprint density at radius 2 is 1.21 bits per heavy atom. The number of ether oxygens (including phenoxy) is 3. The highest BCUT2D eigenvalue weighted by Crippen LogP contribution is 2.15. The molecule has 0 aliphatic carbocycles. The summed E-state index contributed by atoms with van der Waals surface area (Å²) >= 11 is 0. The number of amides is 2. The SMILES string of the molecule is COc1ccc(C(=O)NNC(=O)[C@@H](OC(=O)c2cccc(C)c2)[C@@H](OC(=O)c2cccc(C)c2)C(=O)O)cc1. The van der Waals surface area contributed by atoms with Crippen molar-refractivity contribution in [2.45, 2.75) is 26.1 Å². The first-order chi connectivity index (χ1) is 18.6. The number of aryl methyl sites for hydroxylation is 2. The van der Waals surface area contributed by atoms with E-state index in [9.17, 15) is 29.1 Å². The normalized spacial score (nSPS) is 11.9. The van der Waals surface area contributed by atoms with Gasteiger partial charge in [0.05, 0.1) is 18.2 Å². The van der Waals surface area contributed by atoms with Crippen LogP contribution in [0.1, 0.15) is 42.2 Å². The molecule has 0 fully saturated rings. The Balaban J connectivity index is 1.84. The van der Waals surface area contributed by atoms with E-state index in [0.717, 1.165) is 0 Å². The van der Waals surface area contributed by atoms with Gasteiger partial charge in [-0.25, -0.2) is 14.4 Å². The zero-order chi connectivity index (χ0) is 28.5. The van der Waals surface area contributed by atoms with Crippen LogP contribution in [0.4, 0.5) is 0 Å². The number of carbonyl (C=O) groups excluding carboxylic acids is 4. The minimum absolute atomic E-state index is 0.0261. The first-order valence-corrected chi connectivity index (χ1v) is 11.6. The number of benzene rings is 3. The maximum atomic E-state index is 13.1. The van der Waals surface area contributed by atoms with Crippen molar-refractivity contribution in [3.63, 3.8) is 0 Å². The lowest BCUT2D eigenvalue weighted by molar-refractivity contribution is -0.159. The van der Waals surface area contributed by atoms with Crippen molar-refractivity contribution in [1.29, 1.82) is 0 Å². The molecule has 11 nitrogen and oxygen atoms in total. The van der Waals surface area contributed by atoms with Gasteiger partial charge in [-0.3, -0.25) is 20.4 Å². The second-order valence-corrected chi connectivity index (χ2v) is 8.40. The molecule has 0 aliphatic heterocycles. The second-order valence-electron chi connectivity index (χ2n) is 8.40. The highest BCUT2D eigenvalue weighted by atomic mass is 16.6. The number of carboxylic acids is 1. The Bertz CT molecular complexity index is 1390. The van der Waals surface area contributed by atoms with Crippen molar-refractivity contribution in [1.82, 2.24) is 10.9 Å². The molecule has 0 saturated carbocycles. The largest absolute Gasteiger partial charge is 0.497 e. The minimum Gasteiger partial charge on any atom is -0.497 e. The van der Waals surface area contributed by atoms with E-state index < -0.39 is 41.9 Å². The molecule has 3 N–H and O–H groups in total. The van der Waals surface area contributed by atoms with Crippen molar-refractivity contribution < 1.29 is 43.3 Å². The molecule has 11 heteroatoms. The van der Waals surface area contributed by atoms with Gasteiger partial charge in [-0.1, -0.05) is 35.4 Å². The van der Waals surface area contributed by atoms with E-state index in [0.29, 0.717) is 16.9 Å². The van der Waals surface area contributed by atoms with Crippen LogP contribution in [0.25, 0.3) is 0 Å². The standard InChI is InChI=1S/C28H26N2O9/c1-16-6-4-8-19(14-16)27(35)38-22(23(26(33)34)39-28(36)20-9-5-7-17(2)15-20)25(32)30-29-24(31)18-10-12-21(37-3)13-11-18/h4-15,22-23H,1-3H3,(H,29,31)(H,30,32)(H,33,34)/t22-,23+/m0/s1. The van der Waals surface area contributed by atoms with Crippen LogP contribution >= 0.6 is 0 Å². The summed E-state index contributed by atoms with van der Waals surface area (Å²) in [6.45, 7) is 3.44. The van der Waals surface area contributed by atoms with Crippen LogP contribution in [0.3, 0.4) is 0 Å². The summed E-state index contributed by atoms with van der Waals surface area (Å²) in [6.07, 6.45) is -4.41. The average molecular weight is 535 g/mol. The number of carbonyl (C=O) groups is 5. The zero-order valence-electron chi connectivity index (χ0n) is 21.3. The van der Waals surface area contributed by atoms with E-state index in [4.69, 9.17) is 14.2 Å². The Hall–Kier alpha value is -5.19. The fourth-order valence-corrected chi connectivity index (χ4v) is 3.41. The van der Waals surface area contributed by atoms with Crippen molar-refractivity contribution in [3.8, 4) is 5.75 Å². The first kappa shape index (κ1) is 28.4. The number of hydrazine groups is 1.